The van der Waals surface area contributed by atoms with Crippen LogP contribution in [0.2, 0.25) is 0 Å². The van der Waals surface area contributed by atoms with Crippen molar-refractivity contribution in [3.05, 3.63) is 30.3 Å². The van der Waals surface area contributed by atoms with Crippen molar-refractivity contribution < 1.29 is 14.9 Å². The molecule has 4 atom stereocenters. The number of benzene rings is 1. The maximum absolute atomic E-state index is 9.89. The lowest BCUT2D eigenvalue weighted by atomic mass is 9.79. The fraction of sp³-hybridized carbons (Fsp3) is 0.500. The molecule has 23 heavy (non-hydrogen) atoms. The number of para-hydroxylation sites is 1. The van der Waals surface area contributed by atoms with Gasteiger partial charge in [0.2, 0.25) is 0 Å². The van der Waals surface area contributed by atoms with E-state index in [-0.39, 0.29) is 0 Å². The Balaban J connectivity index is 1.63. The number of aliphatic hydroxyl groups excluding tert-OH is 2. The lowest BCUT2D eigenvalue weighted by Crippen LogP contribution is -2.38. The monoisotopic (exact) mass is 314 g/mol. The Labute approximate surface area is 135 Å². The number of methoxy groups -OCH3 is 1. The molecule has 5 heteroatoms. The Kier molecular flexibility index (Phi) is 3.62. The Morgan fingerprint density at radius 2 is 1.74 bits per heavy atom. The minimum atomic E-state index is -0.583. The molecule has 2 fully saturated rings. The molecule has 0 radical (unpaired) electrons. The van der Waals surface area contributed by atoms with Crippen LogP contribution in [0.25, 0.3) is 10.9 Å². The second-order valence-electron chi connectivity index (χ2n) is 6.73. The zero-order valence-electron chi connectivity index (χ0n) is 13.2. The fourth-order valence-corrected chi connectivity index (χ4v) is 4.04. The number of pyridine rings is 1. The third-order valence-corrected chi connectivity index (χ3v) is 5.32. The number of hydrogen-bond donors (Lipinski definition) is 2. The average molecular weight is 314 g/mol. The Bertz CT molecular complexity index is 702. The van der Waals surface area contributed by atoms with Crippen LogP contribution in [0.4, 0.5) is 5.82 Å². The quantitative estimate of drug-likeness (QED) is 0.885. The maximum atomic E-state index is 9.89. The lowest BCUT2D eigenvalue weighted by Gasteiger charge is -2.31. The highest BCUT2D eigenvalue weighted by molar-refractivity contribution is 5.86. The molecule has 1 saturated heterocycles. The number of hydrogen-bond acceptors (Lipinski definition) is 5. The molecule has 2 aliphatic rings. The zero-order chi connectivity index (χ0) is 16.0. The van der Waals surface area contributed by atoms with Crippen LogP contribution in [0.15, 0.2) is 30.3 Å². The third kappa shape index (κ3) is 2.54. The molecular formula is C18H22N2O3. The van der Waals surface area contributed by atoms with Crippen molar-refractivity contribution in [1.82, 2.24) is 4.98 Å². The predicted octanol–water partition coefficient (Wildman–Crippen LogP) is 1.81. The van der Waals surface area contributed by atoms with Crippen LogP contribution < -0.4 is 9.64 Å². The van der Waals surface area contributed by atoms with Crippen molar-refractivity contribution in [1.29, 1.82) is 0 Å². The number of aliphatic hydroxyl groups is 2. The first-order valence-corrected chi connectivity index (χ1v) is 8.20. The zero-order valence-corrected chi connectivity index (χ0v) is 13.2. The van der Waals surface area contributed by atoms with Gasteiger partial charge in [0.15, 0.2) is 0 Å². The van der Waals surface area contributed by atoms with Crippen molar-refractivity contribution >= 4 is 16.7 Å². The number of anilines is 1. The van der Waals surface area contributed by atoms with Crippen LogP contribution in [-0.2, 0) is 0 Å². The Morgan fingerprint density at radius 1 is 1.04 bits per heavy atom. The van der Waals surface area contributed by atoms with Gasteiger partial charge in [0.05, 0.1) is 19.3 Å². The van der Waals surface area contributed by atoms with E-state index < -0.39 is 12.2 Å². The van der Waals surface area contributed by atoms with Crippen molar-refractivity contribution in [3.63, 3.8) is 0 Å². The van der Waals surface area contributed by atoms with Crippen LogP contribution in [0.1, 0.15) is 12.8 Å². The van der Waals surface area contributed by atoms with Crippen LogP contribution in [0.3, 0.4) is 0 Å². The van der Waals surface area contributed by atoms with E-state index in [1.165, 1.54) is 0 Å². The van der Waals surface area contributed by atoms with E-state index >= 15 is 0 Å². The largest absolute Gasteiger partial charge is 0.494 e. The first kappa shape index (κ1) is 14.7. The molecule has 2 N–H and O–H groups in total. The Morgan fingerprint density at radius 3 is 2.39 bits per heavy atom. The summed E-state index contributed by atoms with van der Waals surface area (Å²) in [7, 11) is 1.66. The Hall–Kier alpha value is -1.85. The molecule has 5 nitrogen and oxygen atoms in total. The molecule has 2 heterocycles. The summed E-state index contributed by atoms with van der Waals surface area (Å²) in [5.74, 6) is 2.60. The predicted molar refractivity (Wildman–Crippen MR) is 88.7 cm³/mol. The van der Waals surface area contributed by atoms with Gasteiger partial charge in [-0.25, -0.2) is 4.98 Å². The van der Waals surface area contributed by atoms with E-state index in [1.807, 2.05) is 24.3 Å². The van der Waals surface area contributed by atoms with Gasteiger partial charge in [-0.2, -0.15) is 0 Å². The number of fused-ring (bicyclic) bond motifs is 2. The number of ether oxygens (including phenoxy) is 1. The SMILES string of the molecule is COc1cccc2ccc(N3C[C@H]4C[C@H](O)[C@H](O)C[C@H]4C3)nc12. The molecule has 1 saturated carbocycles. The number of aromatic nitrogens is 1. The summed E-state index contributed by atoms with van der Waals surface area (Å²) < 4.78 is 5.42. The molecule has 0 amide bonds. The molecule has 1 aromatic heterocycles. The summed E-state index contributed by atoms with van der Waals surface area (Å²) in [5.41, 5.74) is 0.877. The third-order valence-electron chi connectivity index (χ3n) is 5.32. The van der Waals surface area contributed by atoms with Crippen molar-refractivity contribution in [2.75, 3.05) is 25.1 Å². The highest BCUT2D eigenvalue weighted by atomic mass is 16.5. The topological polar surface area (TPSA) is 65.8 Å². The molecule has 0 unspecified atom stereocenters. The molecule has 4 rings (SSSR count). The standard InChI is InChI=1S/C18H22N2O3/c1-23-16-4-2-3-11-5-6-17(19-18(11)16)20-9-12-7-14(21)15(22)8-13(12)10-20/h2-6,12-15,21-22H,7-10H2,1H3/t12-,13+,14+,15-. The van der Waals surface area contributed by atoms with Gasteiger partial charge < -0.3 is 19.8 Å². The second-order valence-corrected chi connectivity index (χ2v) is 6.73. The first-order valence-electron chi connectivity index (χ1n) is 8.20. The molecule has 122 valence electrons. The van der Waals surface area contributed by atoms with Gasteiger partial charge in [-0.05, 0) is 42.9 Å². The summed E-state index contributed by atoms with van der Waals surface area (Å²) in [6.45, 7) is 1.78. The smallest absolute Gasteiger partial charge is 0.145 e. The van der Waals surface area contributed by atoms with Crippen molar-refractivity contribution in [2.45, 2.75) is 25.0 Å². The van der Waals surface area contributed by atoms with E-state index in [9.17, 15) is 10.2 Å². The number of rotatable bonds is 2. The van der Waals surface area contributed by atoms with Crippen LogP contribution in [0.5, 0.6) is 5.75 Å². The van der Waals surface area contributed by atoms with E-state index in [1.54, 1.807) is 7.11 Å². The minimum Gasteiger partial charge on any atom is -0.494 e. The van der Waals surface area contributed by atoms with Crippen molar-refractivity contribution in [3.8, 4) is 5.75 Å². The van der Waals surface area contributed by atoms with Gasteiger partial charge in [-0.1, -0.05) is 12.1 Å². The van der Waals surface area contributed by atoms with Gasteiger partial charge in [0.1, 0.15) is 17.1 Å². The summed E-state index contributed by atoms with van der Waals surface area (Å²) in [5, 5.41) is 20.8. The van der Waals surface area contributed by atoms with Crippen molar-refractivity contribution in [2.24, 2.45) is 11.8 Å². The summed E-state index contributed by atoms with van der Waals surface area (Å²) in [6.07, 6.45) is 0.195. The van der Waals surface area contributed by atoms with E-state index in [2.05, 4.69) is 11.0 Å². The maximum Gasteiger partial charge on any atom is 0.145 e. The number of nitrogens with zero attached hydrogens (tertiary/aromatic N) is 2. The van der Waals surface area contributed by atoms with Gasteiger partial charge in [-0.15, -0.1) is 0 Å². The fourth-order valence-electron chi connectivity index (χ4n) is 4.04. The highest BCUT2D eigenvalue weighted by Crippen LogP contribution is 2.38. The summed E-state index contributed by atoms with van der Waals surface area (Å²) in [4.78, 5) is 7.07. The van der Waals surface area contributed by atoms with Gasteiger partial charge >= 0.3 is 0 Å². The molecule has 1 aromatic carbocycles. The van der Waals surface area contributed by atoms with Crippen LogP contribution in [0, 0.1) is 11.8 Å². The summed E-state index contributed by atoms with van der Waals surface area (Å²) in [6, 6.07) is 10.0. The summed E-state index contributed by atoms with van der Waals surface area (Å²) >= 11 is 0. The normalized spacial score (nSPS) is 30.5. The van der Waals surface area contributed by atoms with Gasteiger partial charge in [-0.3, -0.25) is 0 Å². The van der Waals surface area contributed by atoms with Crippen LogP contribution in [-0.4, -0.2) is 47.6 Å². The highest BCUT2D eigenvalue weighted by Gasteiger charge is 2.41. The minimum absolute atomic E-state index is 0.434. The first-order chi connectivity index (χ1) is 11.2. The molecule has 0 bridgehead atoms. The average Bonchev–Trinajstić information content (AvgIpc) is 2.97. The molecule has 0 spiro atoms. The lowest BCUT2D eigenvalue weighted by molar-refractivity contribution is -0.0372. The van der Waals surface area contributed by atoms with E-state index in [0.717, 1.165) is 35.6 Å². The van der Waals surface area contributed by atoms with E-state index in [4.69, 9.17) is 9.72 Å². The molecule has 2 aromatic rings. The van der Waals surface area contributed by atoms with Gasteiger partial charge in [0, 0.05) is 18.5 Å². The molecule has 1 aliphatic heterocycles. The van der Waals surface area contributed by atoms with Crippen LogP contribution >= 0.6 is 0 Å². The van der Waals surface area contributed by atoms with E-state index in [0.29, 0.717) is 24.7 Å². The van der Waals surface area contributed by atoms with Gasteiger partial charge in [0.25, 0.3) is 0 Å². The second kappa shape index (κ2) is 5.65. The molecule has 1 aliphatic carbocycles. The molecular weight excluding hydrogens is 292 g/mol.